The van der Waals surface area contributed by atoms with Crippen LogP contribution in [-0.2, 0) is 27.9 Å². The minimum atomic E-state index is -0.476. The normalized spacial score (nSPS) is 22.4. The van der Waals surface area contributed by atoms with Crippen molar-refractivity contribution >= 4 is 42.5 Å². The Morgan fingerprint density at radius 2 is 0.896 bits per heavy atom. The van der Waals surface area contributed by atoms with Gasteiger partial charge in [-0.2, -0.15) is 0 Å². The van der Waals surface area contributed by atoms with Gasteiger partial charge in [0.25, 0.3) is 0 Å². The summed E-state index contributed by atoms with van der Waals surface area (Å²) >= 11 is 3.39. The number of pyridine rings is 2. The first-order valence-electron chi connectivity index (χ1n) is 16.8. The number of hydrogen-bond acceptors (Lipinski definition) is 10. The quantitative estimate of drug-likeness (QED) is 0.292. The highest BCUT2D eigenvalue weighted by Crippen LogP contribution is 2.43. The third kappa shape index (κ3) is 8.79. The first-order valence-corrected chi connectivity index (χ1v) is 17.6. The second-order valence-electron chi connectivity index (χ2n) is 15.3. The summed E-state index contributed by atoms with van der Waals surface area (Å²) in [5.74, 6) is 1.27. The standard InChI is InChI=1S/C14H22BNO3.C12H24B2O4.C8H10BrNO/c1-7-17-12-11(10(2)8-9-16-12)15-18-13(3,4)14(5,6)19-15;1-9(2)10(3,4)16-13(15-9)14-17-11(5,6)12(7,8)18-14;1-3-11-8-7(9)6(2)4-5-10-8/h8-9H,7H2,1-6H3;1-8H3;4-5H,3H2,1-2H3. The zero-order valence-electron chi connectivity index (χ0n) is 32.0. The lowest BCUT2D eigenvalue weighted by Gasteiger charge is -2.32. The summed E-state index contributed by atoms with van der Waals surface area (Å²) in [7, 11) is -1.38. The molecule has 0 aromatic carbocycles. The summed E-state index contributed by atoms with van der Waals surface area (Å²) in [5.41, 5.74) is 0.946. The number of aryl methyl sites for hydroxylation is 2. The van der Waals surface area contributed by atoms with Crippen molar-refractivity contribution in [1.82, 2.24) is 9.97 Å². The van der Waals surface area contributed by atoms with Crippen molar-refractivity contribution in [3.8, 4) is 11.8 Å². The van der Waals surface area contributed by atoms with Gasteiger partial charge in [0.1, 0.15) is 0 Å². The van der Waals surface area contributed by atoms with Crippen LogP contribution in [0.1, 0.15) is 108 Å². The maximum absolute atomic E-state index is 6.08. The summed E-state index contributed by atoms with van der Waals surface area (Å²) in [6.07, 6.45) is 3.49. The Morgan fingerprint density at radius 3 is 1.29 bits per heavy atom. The molecule has 10 nitrogen and oxygen atoms in total. The largest absolute Gasteiger partial charge is 0.500 e. The van der Waals surface area contributed by atoms with Crippen LogP contribution < -0.4 is 14.9 Å². The lowest BCUT2D eigenvalue weighted by molar-refractivity contribution is 0.00578. The van der Waals surface area contributed by atoms with Gasteiger partial charge in [-0.3, -0.25) is 0 Å². The van der Waals surface area contributed by atoms with E-state index < -0.39 is 21.1 Å². The van der Waals surface area contributed by atoms with Crippen LogP contribution in [0, 0.1) is 13.8 Å². The van der Waals surface area contributed by atoms with Gasteiger partial charge in [-0.15, -0.1) is 0 Å². The van der Waals surface area contributed by atoms with Crippen molar-refractivity contribution in [3.05, 3.63) is 40.1 Å². The monoisotopic (exact) mass is 732 g/mol. The van der Waals surface area contributed by atoms with E-state index in [9.17, 15) is 0 Å². The predicted molar refractivity (Wildman–Crippen MR) is 196 cm³/mol. The van der Waals surface area contributed by atoms with Crippen molar-refractivity contribution < 1.29 is 37.4 Å². The average molecular weight is 733 g/mol. The van der Waals surface area contributed by atoms with Gasteiger partial charge >= 0.3 is 21.1 Å². The molecular weight excluding hydrogens is 677 g/mol. The molecule has 48 heavy (non-hydrogen) atoms. The third-order valence-corrected chi connectivity index (χ3v) is 11.0. The van der Waals surface area contributed by atoms with Gasteiger partial charge in [0.2, 0.25) is 11.8 Å². The van der Waals surface area contributed by atoms with E-state index in [2.05, 4.69) is 25.9 Å². The highest BCUT2D eigenvalue weighted by Gasteiger charge is 2.63. The molecule has 0 amide bonds. The second-order valence-corrected chi connectivity index (χ2v) is 16.1. The summed E-state index contributed by atoms with van der Waals surface area (Å²) in [6.45, 7) is 33.5. The number of nitrogens with zero attached hydrogens (tertiary/aromatic N) is 2. The summed E-state index contributed by atoms with van der Waals surface area (Å²) < 4.78 is 47.8. The van der Waals surface area contributed by atoms with Gasteiger partial charge in [-0.05, 0) is 150 Å². The molecule has 2 aromatic heterocycles. The van der Waals surface area contributed by atoms with Crippen LogP contribution in [0.15, 0.2) is 29.0 Å². The molecule has 5 heterocycles. The molecule has 2 aromatic rings. The molecule has 3 aliphatic heterocycles. The number of halogens is 1. The smallest absolute Gasteiger partial charge is 0.478 e. The average Bonchev–Trinajstić information content (AvgIpc) is 3.41. The molecule has 0 N–H and O–H groups in total. The Morgan fingerprint density at radius 1 is 0.562 bits per heavy atom. The van der Waals surface area contributed by atoms with Crippen LogP contribution in [0.3, 0.4) is 0 Å². The van der Waals surface area contributed by atoms with E-state index in [4.69, 9.17) is 37.4 Å². The Labute approximate surface area is 298 Å². The van der Waals surface area contributed by atoms with E-state index in [1.807, 2.05) is 123 Å². The van der Waals surface area contributed by atoms with E-state index in [-0.39, 0.29) is 33.6 Å². The molecule has 5 rings (SSSR count). The third-order valence-electron chi connectivity index (χ3n) is 10.0. The molecule has 0 bridgehead atoms. The van der Waals surface area contributed by atoms with Crippen molar-refractivity contribution in [1.29, 1.82) is 0 Å². The first-order chi connectivity index (χ1) is 21.9. The lowest BCUT2D eigenvalue weighted by atomic mass is 9.49. The van der Waals surface area contributed by atoms with Gasteiger partial charge in [0.05, 0.1) is 51.3 Å². The van der Waals surface area contributed by atoms with Gasteiger partial charge in [0.15, 0.2) is 0 Å². The highest BCUT2D eigenvalue weighted by atomic mass is 79.9. The van der Waals surface area contributed by atoms with Crippen LogP contribution in [0.2, 0.25) is 0 Å². The lowest BCUT2D eigenvalue weighted by Crippen LogP contribution is -2.41. The number of rotatable bonds is 6. The van der Waals surface area contributed by atoms with Crippen LogP contribution >= 0.6 is 15.9 Å². The molecule has 0 radical (unpaired) electrons. The molecule has 0 unspecified atom stereocenters. The fraction of sp³-hybridized carbons (Fsp3) is 0.706. The van der Waals surface area contributed by atoms with Crippen molar-refractivity contribution in [3.63, 3.8) is 0 Å². The SMILES string of the molecule is CC1(C)OB(B2OC(C)(C)C(C)(C)O2)OC1(C)C.CCOc1nccc(C)c1B1OC(C)(C)C(C)(C)O1.CCOc1nccc(C)c1Br. The molecule has 0 aliphatic carbocycles. The Hall–Kier alpha value is -1.67. The van der Waals surface area contributed by atoms with Crippen LogP contribution in [0.4, 0.5) is 0 Å². The van der Waals surface area contributed by atoms with E-state index in [1.54, 1.807) is 12.4 Å². The van der Waals surface area contributed by atoms with Gasteiger partial charge in [0, 0.05) is 17.9 Å². The topological polar surface area (TPSA) is 99.6 Å². The maximum atomic E-state index is 6.08. The van der Waals surface area contributed by atoms with Gasteiger partial charge in [-0.1, -0.05) is 0 Å². The van der Waals surface area contributed by atoms with Crippen molar-refractivity contribution in [2.24, 2.45) is 0 Å². The van der Waals surface area contributed by atoms with Crippen LogP contribution in [0.25, 0.3) is 0 Å². The van der Waals surface area contributed by atoms with E-state index in [0.29, 0.717) is 25.0 Å². The maximum Gasteiger partial charge on any atom is 0.500 e. The zero-order valence-corrected chi connectivity index (χ0v) is 33.6. The molecule has 3 aliphatic rings. The zero-order chi connectivity index (χ0) is 36.5. The van der Waals surface area contributed by atoms with E-state index in [0.717, 1.165) is 21.1 Å². The Bertz CT molecular complexity index is 1320. The van der Waals surface area contributed by atoms with Crippen LogP contribution in [-0.4, -0.2) is 77.9 Å². The van der Waals surface area contributed by atoms with Gasteiger partial charge in [-0.25, -0.2) is 9.97 Å². The van der Waals surface area contributed by atoms with Gasteiger partial charge < -0.3 is 37.4 Å². The minimum absolute atomic E-state index is 0.358. The van der Waals surface area contributed by atoms with Crippen molar-refractivity contribution in [2.75, 3.05) is 13.2 Å². The summed E-state index contributed by atoms with van der Waals surface area (Å²) in [5, 5.41) is 0. The molecule has 14 heteroatoms. The Kier molecular flexibility index (Phi) is 12.7. The first kappa shape index (κ1) is 40.8. The van der Waals surface area contributed by atoms with E-state index in [1.165, 1.54) is 0 Å². The molecule has 0 spiro atoms. The number of ether oxygens (including phenoxy) is 2. The molecule has 3 saturated heterocycles. The van der Waals surface area contributed by atoms with Crippen molar-refractivity contribution in [2.45, 2.75) is 144 Å². The molecule has 3 fully saturated rings. The van der Waals surface area contributed by atoms with Crippen LogP contribution in [0.5, 0.6) is 11.8 Å². The highest BCUT2D eigenvalue weighted by molar-refractivity contribution is 9.10. The summed E-state index contributed by atoms with van der Waals surface area (Å²) in [6, 6.07) is 3.88. The second kappa shape index (κ2) is 14.9. The fourth-order valence-electron chi connectivity index (χ4n) is 4.80. The Balaban J connectivity index is 0.000000203. The molecular formula is C34H56B3BrN2O8. The molecule has 0 saturated carbocycles. The number of aromatic nitrogens is 2. The summed E-state index contributed by atoms with van der Waals surface area (Å²) in [4.78, 5) is 8.35. The molecule has 0 atom stereocenters. The predicted octanol–water partition coefficient (Wildman–Crippen LogP) is 6.89. The number of hydrogen-bond donors (Lipinski definition) is 0. The van der Waals surface area contributed by atoms with E-state index >= 15 is 0 Å². The minimum Gasteiger partial charge on any atom is -0.478 e. The fourth-order valence-corrected chi connectivity index (χ4v) is 5.15. The molecule has 266 valence electrons.